The second-order valence-electron chi connectivity index (χ2n) is 5.20. The first-order chi connectivity index (χ1) is 10.7. The Morgan fingerprint density at radius 2 is 2.09 bits per heavy atom. The number of rotatable bonds is 6. The quantitative estimate of drug-likeness (QED) is 0.636. The fourth-order valence-electron chi connectivity index (χ4n) is 2.16. The van der Waals surface area contributed by atoms with E-state index >= 15 is 0 Å². The van der Waals surface area contributed by atoms with Crippen LogP contribution >= 0.6 is 11.3 Å². The van der Waals surface area contributed by atoms with E-state index in [0.29, 0.717) is 0 Å². The van der Waals surface area contributed by atoms with Gasteiger partial charge >= 0.3 is 0 Å². The Kier molecular flexibility index (Phi) is 6.40. The summed E-state index contributed by atoms with van der Waals surface area (Å²) >= 11 is 1.76. The van der Waals surface area contributed by atoms with E-state index in [0.717, 1.165) is 32.0 Å². The lowest BCUT2D eigenvalue weighted by molar-refractivity contribution is 0.797. The molecule has 0 amide bonds. The van der Waals surface area contributed by atoms with Crippen LogP contribution in [-0.2, 0) is 13.0 Å². The summed E-state index contributed by atoms with van der Waals surface area (Å²) in [4.78, 5) is 10.1. The molecular formula is C17H24N4S. The lowest BCUT2D eigenvalue weighted by atomic mass is 10.1. The molecule has 2 heterocycles. The largest absolute Gasteiger partial charge is 0.357 e. The van der Waals surface area contributed by atoms with Crippen LogP contribution in [0.2, 0.25) is 0 Å². The van der Waals surface area contributed by atoms with Crippen molar-refractivity contribution in [1.29, 1.82) is 0 Å². The van der Waals surface area contributed by atoms with Crippen molar-refractivity contribution >= 4 is 17.3 Å². The summed E-state index contributed by atoms with van der Waals surface area (Å²) in [6.45, 7) is 8.77. The average molecular weight is 316 g/mol. The van der Waals surface area contributed by atoms with Gasteiger partial charge < -0.3 is 10.6 Å². The number of aliphatic imine (C=N–C) groups is 1. The van der Waals surface area contributed by atoms with Gasteiger partial charge in [-0.3, -0.25) is 4.98 Å². The van der Waals surface area contributed by atoms with Crippen LogP contribution < -0.4 is 10.6 Å². The molecule has 0 spiro atoms. The fraction of sp³-hybridized carbons (Fsp3) is 0.412. The van der Waals surface area contributed by atoms with Gasteiger partial charge in [0.15, 0.2) is 5.96 Å². The number of nitrogens with one attached hydrogen (secondary N) is 2. The van der Waals surface area contributed by atoms with Crippen molar-refractivity contribution in [3.63, 3.8) is 0 Å². The van der Waals surface area contributed by atoms with Gasteiger partial charge in [-0.15, -0.1) is 11.3 Å². The van der Waals surface area contributed by atoms with Gasteiger partial charge in [-0.25, -0.2) is 4.99 Å². The first kappa shape index (κ1) is 16.5. The predicted molar refractivity (Wildman–Crippen MR) is 94.6 cm³/mol. The maximum Gasteiger partial charge on any atom is 0.191 e. The van der Waals surface area contributed by atoms with E-state index in [2.05, 4.69) is 58.9 Å². The Bertz CT molecular complexity index is 619. The number of hydrogen-bond acceptors (Lipinski definition) is 3. The third kappa shape index (κ3) is 4.84. The van der Waals surface area contributed by atoms with Crippen LogP contribution in [0.1, 0.15) is 28.5 Å². The van der Waals surface area contributed by atoms with Crippen LogP contribution in [0.5, 0.6) is 0 Å². The third-order valence-electron chi connectivity index (χ3n) is 3.52. The highest BCUT2D eigenvalue weighted by molar-refractivity contribution is 7.10. The molecule has 5 heteroatoms. The molecule has 0 saturated carbocycles. The van der Waals surface area contributed by atoms with E-state index in [-0.39, 0.29) is 0 Å². The van der Waals surface area contributed by atoms with Crippen molar-refractivity contribution in [1.82, 2.24) is 15.6 Å². The molecule has 0 unspecified atom stereocenters. The summed E-state index contributed by atoms with van der Waals surface area (Å²) in [6, 6.07) is 4.22. The highest BCUT2D eigenvalue weighted by Crippen LogP contribution is 2.16. The number of guanidine groups is 1. The van der Waals surface area contributed by atoms with E-state index in [4.69, 9.17) is 0 Å². The molecule has 0 bridgehead atoms. The summed E-state index contributed by atoms with van der Waals surface area (Å²) in [7, 11) is 0. The van der Waals surface area contributed by atoms with Crippen molar-refractivity contribution in [2.45, 2.75) is 33.7 Å². The smallest absolute Gasteiger partial charge is 0.191 e. The molecule has 0 aliphatic carbocycles. The third-order valence-corrected chi connectivity index (χ3v) is 4.52. The van der Waals surface area contributed by atoms with Gasteiger partial charge in [-0.2, -0.15) is 0 Å². The van der Waals surface area contributed by atoms with Gasteiger partial charge in [-0.05, 0) is 61.4 Å². The zero-order valence-electron chi connectivity index (χ0n) is 13.5. The van der Waals surface area contributed by atoms with E-state index in [9.17, 15) is 0 Å². The minimum atomic E-state index is 0.729. The van der Waals surface area contributed by atoms with Crippen LogP contribution in [0.25, 0.3) is 0 Å². The molecule has 2 aromatic heterocycles. The Labute approximate surface area is 136 Å². The van der Waals surface area contributed by atoms with E-state index in [1.807, 2.05) is 12.4 Å². The van der Waals surface area contributed by atoms with Crippen LogP contribution in [0, 0.1) is 13.8 Å². The number of nitrogens with zero attached hydrogens (tertiary/aromatic N) is 2. The molecule has 4 nitrogen and oxygen atoms in total. The number of aromatic nitrogens is 1. The SMILES string of the molecule is CCNC(=NCc1sccc1C)NCCc1ccncc1C. The molecule has 0 aliphatic heterocycles. The molecule has 2 aromatic rings. The highest BCUT2D eigenvalue weighted by Gasteiger charge is 2.02. The average Bonchev–Trinajstić information content (AvgIpc) is 2.92. The Balaban J connectivity index is 1.89. The maximum atomic E-state index is 4.66. The van der Waals surface area contributed by atoms with E-state index in [1.54, 1.807) is 11.3 Å². The number of pyridine rings is 1. The second-order valence-corrected chi connectivity index (χ2v) is 6.20. The molecule has 0 atom stereocenters. The zero-order valence-corrected chi connectivity index (χ0v) is 14.3. The molecule has 0 saturated heterocycles. The minimum absolute atomic E-state index is 0.729. The first-order valence-corrected chi connectivity index (χ1v) is 8.53. The number of hydrogen-bond donors (Lipinski definition) is 2. The van der Waals surface area contributed by atoms with Crippen LogP contribution in [-0.4, -0.2) is 24.0 Å². The standard InChI is InChI=1S/C17H24N4S/c1-4-19-17(21-12-16-13(2)7-10-22-16)20-9-6-15-5-8-18-11-14(15)3/h5,7-8,10-11H,4,6,9,12H2,1-3H3,(H2,19,20,21). The molecule has 118 valence electrons. The van der Waals surface area contributed by atoms with Crippen molar-refractivity contribution in [2.75, 3.05) is 13.1 Å². The fourth-order valence-corrected chi connectivity index (χ4v) is 2.99. The van der Waals surface area contributed by atoms with Gasteiger partial charge in [0.25, 0.3) is 0 Å². The second kappa shape index (κ2) is 8.54. The van der Waals surface area contributed by atoms with Gasteiger partial charge in [0.05, 0.1) is 6.54 Å². The molecule has 0 aliphatic rings. The summed E-state index contributed by atoms with van der Waals surface area (Å²) in [6.07, 6.45) is 4.73. The Morgan fingerprint density at radius 1 is 1.23 bits per heavy atom. The molecule has 0 radical (unpaired) electrons. The molecule has 0 fully saturated rings. The molecule has 0 aromatic carbocycles. The van der Waals surface area contributed by atoms with Crippen molar-refractivity contribution in [3.8, 4) is 0 Å². The van der Waals surface area contributed by atoms with E-state index < -0.39 is 0 Å². The topological polar surface area (TPSA) is 49.3 Å². The summed E-state index contributed by atoms with van der Waals surface area (Å²) in [5, 5.41) is 8.82. The summed E-state index contributed by atoms with van der Waals surface area (Å²) in [5.74, 6) is 0.877. The van der Waals surface area contributed by atoms with Crippen molar-refractivity contribution in [3.05, 3.63) is 51.5 Å². The van der Waals surface area contributed by atoms with Crippen molar-refractivity contribution in [2.24, 2.45) is 4.99 Å². The minimum Gasteiger partial charge on any atom is -0.357 e. The molecule has 2 N–H and O–H groups in total. The highest BCUT2D eigenvalue weighted by atomic mass is 32.1. The Hall–Kier alpha value is -1.88. The lowest BCUT2D eigenvalue weighted by Gasteiger charge is -2.12. The first-order valence-electron chi connectivity index (χ1n) is 7.65. The summed E-state index contributed by atoms with van der Waals surface area (Å²) in [5.41, 5.74) is 3.88. The summed E-state index contributed by atoms with van der Waals surface area (Å²) < 4.78 is 0. The van der Waals surface area contributed by atoms with Crippen LogP contribution in [0.3, 0.4) is 0 Å². The van der Waals surface area contributed by atoms with Gasteiger partial charge in [0, 0.05) is 30.4 Å². The van der Waals surface area contributed by atoms with Gasteiger partial charge in [0.1, 0.15) is 0 Å². The normalized spacial score (nSPS) is 11.5. The number of thiophene rings is 1. The molecule has 2 rings (SSSR count). The predicted octanol–water partition coefficient (Wildman–Crippen LogP) is 3.06. The maximum absolute atomic E-state index is 4.66. The van der Waals surface area contributed by atoms with Crippen LogP contribution in [0.15, 0.2) is 34.9 Å². The van der Waals surface area contributed by atoms with Gasteiger partial charge in [-0.1, -0.05) is 0 Å². The van der Waals surface area contributed by atoms with Gasteiger partial charge in [0.2, 0.25) is 0 Å². The molecular weight excluding hydrogens is 292 g/mol. The monoisotopic (exact) mass is 316 g/mol. The van der Waals surface area contributed by atoms with E-state index in [1.165, 1.54) is 21.6 Å². The molecule has 22 heavy (non-hydrogen) atoms. The van der Waals surface area contributed by atoms with Crippen molar-refractivity contribution < 1.29 is 0 Å². The van der Waals surface area contributed by atoms with Crippen LogP contribution in [0.4, 0.5) is 0 Å². The lowest BCUT2D eigenvalue weighted by Crippen LogP contribution is -2.38. The number of aryl methyl sites for hydroxylation is 2. The zero-order chi connectivity index (χ0) is 15.8. The Morgan fingerprint density at radius 3 is 2.77 bits per heavy atom.